The van der Waals surface area contributed by atoms with Gasteiger partial charge in [0.1, 0.15) is 5.78 Å². The molecular formula is C15H28O3. The summed E-state index contributed by atoms with van der Waals surface area (Å²) in [5, 5.41) is 0. The van der Waals surface area contributed by atoms with Crippen LogP contribution in [0.3, 0.4) is 0 Å². The quantitative estimate of drug-likeness (QED) is 0.416. The molecule has 0 spiro atoms. The summed E-state index contributed by atoms with van der Waals surface area (Å²) in [5.41, 5.74) is 0. The lowest BCUT2D eigenvalue weighted by atomic mass is 9.95. The van der Waals surface area contributed by atoms with E-state index < -0.39 is 0 Å². The highest BCUT2D eigenvalue weighted by Gasteiger charge is 2.13. The van der Waals surface area contributed by atoms with Crippen molar-refractivity contribution in [1.29, 1.82) is 0 Å². The summed E-state index contributed by atoms with van der Waals surface area (Å²) >= 11 is 0. The number of unbranched alkanes of at least 4 members (excludes halogenated alkanes) is 2. The molecule has 0 radical (unpaired) electrons. The van der Waals surface area contributed by atoms with Crippen molar-refractivity contribution in [3.05, 3.63) is 0 Å². The van der Waals surface area contributed by atoms with Gasteiger partial charge in [0.15, 0.2) is 0 Å². The first-order valence-corrected chi connectivity index (χ1v) is 7.30. The minimum Gasteiger partial charge on any atom is -0.466 e. The minimum atomic E-state index is -0.178. The van der Waals surface area contributed by atoms with Gasteiger partial charge >= 0.3 is 5.97 Å². The van der Waals surface area contributed by atoms with Crippen LogP contribution in [0.5, 0.6) is 0 Å². The van der Waals surface area contributed by atoms with Crippen LogP contribution in [0.2, 0.25) is 0 Å². The van der Waals surface area contributed by atoms with Crippen molar-refractivity contribution >= 4 is 11.8 Å². The van der Waals surface area contributed by atoms with Gasteiger partial charge in [0.25, 0.3) is 0 Å². The molecule has 0 aliphatic heterocycles. The van der Waals surface area contributed by atoms with Crippen LogP contribution in [0, 0.1) is 5.92 Å². The Morgan fingerprint density at radius 2 is 1.72 bits per heavy atom. The molecule has 0 amide bonds. The van der Waals surface area contributed by atoms with Gasteiger partial charge in [0, 0.05) is 18.8 Å². The zero-order valence-corrected chi connectivity index (χ0v) is 12.2. The Kier molecular flexibility index (Phi) is 10.7. The molecule has 0 aromatic heterocycles. The maximum absolute atomic E-state index is 11.8. The summed E-state index contributed by atoms with van der Waals surface area (Å²) in [6, 6.07) is 0. The smallest absolute Gasteiger partial charge is 0.305 e. The molecule has 3 nitrogen and oxygen atoms in total. The third-order valence-electron chi connectivity index (χ3n) is 3.06. The SMILES string of the molecule is CCCCCC(C)C(=O)CCCC(=O)OCCC. The van der Waals surface area contributed by atoms with E-state index in [1.54, 1.807) is 0 Å². The van der Waals surface area contributed by atoms with Crippen LogP contribution in [0.1, 0.15) is 72.1 Å². The monoisotopic (exact) mass is 256 g/mol. The number of Topliss-reactive ketones (excluding diaryl/α,β-unsaturated/α-hetero) is 1. The zero-order chi connectivity index (χ0) is 13.8. The van der Waals surface area contributed by atoms with Crippen molar-refractivity contribution < 1.29 is 14.3 Å². The lowest BCUT2D eigenvalue weighted by Gasteiger charge is -2.09. The van der Waals surface area contributed by atoms with Gasteiger partial charge in [-0.25, -0.2) is 0 Å². The number of rotatable bonds is 11. The van der Waals surface area contributed by atoms with Gasteiger partial charge in [0.05, 0.1) is 6.61 Å². The van der Waals surface area contributed by atoms with E-state index in [4.69, 9.17) is 4.74 Å². The number of hydrogen-bond donors (Lipinski definition) is 0. The lowest BCUT2D eigenvalue weighted by Crippen LogP contribution is -2.12. The molecule has 0 aliphatic rings. The van der Waals surface area contributed by atoms with Crippen molar-refractivity contribution in [2.75, 3.05) is 6.61 Å². The molecule has 1 unspecified atom stereocenters. The first-order chi connectivity index (χ1) is 8.61. The summed E-state index contributed by atoms with van der Waals surface area (Å²) in [6.07, 6.45) is 6.83. The summed E-state index contributed by atoms with van der Waals surface area (Å²) < 4.78 is 4.96. The fourth-order valence-corrected chi connectivity index (χ4v) is 1.80. The third-order valence-corrected chi connectivity index (χ3v) is 3.06. The summed E-state index contributed by atoms with van der Waals surface area (Å²) in [4.78, 5) is 23.0. The molecule has 0 rings (SSSR count). The highest BCUT2D eigenvalue weighted by Crippen LogP contribution is 2.13. The van der Waals surface area contributed by atoms with Crippen molar-refractivity contribution in [2.24, 2.45) is 5.92 Å². The molecule has 0 heterocycles. The number of hydrogen-bond acceptors (Lipinski definition) is 3. The van der Waals surface area contributed by atoms with Gasteiger partial charge in [0.2, 0.25) is 0 Å². The number of carbonyl (C=O) groups excluding carboxylic acids is 2. The predicted octanol–water partition coefficient (Wildman–Crippen LogP) is 3.90. The largest absolute Gasteiger partial charge is 0.466 e. The van der Waals surface area contributed by atoms with E-state index in [0.717, 1.165) is 19.3 Å². The highest BCUT2D eigenvalue weighted by atomic mass is 16.5. The Bertz CT molecular complexity index is 236. The maximum atomic E-state index is 11.8. The highest BCUT2D eigenvalue weighted by molar-refractivity contribution is 5.81. The molecular weight excluding hydrogens is 228 g/mol. The van der Waals surface area contributed by atoms with Crippen molar-refractivity contribution in [3.8, 4) is 0 Å². The van der Waals surface area contributed by atoms with E-state index in [0.29, 0.717) is 25.9 Å². The second-order valence-electron chi connectivity index (χ2n) is 4.94. The van der Waals surface area contributed by atoms with E-state index in [1.165, 1.54) is 12.8 Å². The first kappa shape index (κ1) is 17.1. The summed E-state index contributed by atoms with van der Waals surface area (Å²) in [6.45, 7) is 6.61. The van der Waals surface area contributed by atoms with Crippen molar-refractivity contribution in [3.63, 3.8) is 0 Å². The molecule has 106 valence electrons. The van der Waals surface area contributed by atoms with Gasteiger partial charge in [-0.05, 0) is 19.3 Å². The Hall–Kier alpha value is -0.860. The summed E-state index contributed by atoms with van der Waals surface area (Å²) in [7, 11) is 0. The normalized spacial score (nSPS) is 12.2. The van der Waals surface area contributed by atoms with Gasteiger partial charge in [-0.3, -0.25) is 9.59 Å². The molecule has 0 bridgehead atoms. The van der Waals surface area contributed by atoms with Crippen LogP contribution in [-0.4, -0.2) is 18.4 Å². The molecule has 18 heavy (non-hydrogen) atoms. The van der Waals surface area contributed by atoms with Crippen LogP contribution >= 0.6 is 0 Å². The molecule has 0 aromatic carbocycles. The number of carbonyl (C=O) groups is 2. The van der Waals surface area contributed by atoms with E-state index in [9.17, 15) is 9.59 Å². The van der Waals surface area contributed by atoms with Gasteiger partial charge in [-0.2, -0.15) is 0 Å². The first-order valence-electron chi connectivity index (χ1n) is 7.30. The number of ether oxygens (including phenoxy) is 1. The van der Waals surface area contributed by atoms with E-state index in [2.05, 4.69) is 6.92 Å². The molecule has 3 heteroatoms. The predicted molar refractivity (Wildman–Crippen MR) is 73.4 cm³/mol. The molecule has 0 saturated carbocycles. The number of ketones is 1. The Morgan fingerprint density at radius 3 is 2.33 bits per heavy atom. The van der Waals surface area contributed by atoms with Crippen molar-refractivity contribution in [2.45, 2.75) is 72.1 Å². The average molecular weight is 256 g/mol. The Balaban J connectivity index is 3.59. The molecule has 1 atom stereocenters. The van der Waals surface area contributed by atoms with Crippen LogP contribution in [-0.2, 0) is 14.3 Å². The van der Waals surface area contributed by atoms with Crippen LogP contribution in [0.15, 0.2) is 0 Å². The zero-order valence-electron chi connectivity index (χ0n) is 12.2. The third kappa shape index (κ3) is 9.20. The second kappa shape index (κ2) is 11.2. The fraction of sp³-hybridized carbons (Fsp3) is 0.867. The van der Waals surface area contributed by atoms with Crippen LogP contribution < -0.4 is 0 Å². The molecule has 0 fully saturated rings. The molecule has 0 N–H and O–H groups in total. The lowest BCUT2D eigenvalue weighted by molar-refractivity contribution is -0.143. The second-order valence-corrected chi connectivity index (χ2v) is 4.94. The minimum absolute atomic E-state index is 0.142. The molecule has 0 aromatic rings. The van der Waals surface area contributed by atoms with E-state index in [1.807, 2.05) is 13.8 Å². The number of esters is 1. The molecule has 0 aliphatic carbocycles. The topological polar surface area (TPSA) is 43.4 Å². The maximum Gasteiger partial charge on any atom is 0.305 e. The van der Waals surface area contributed by atoms with Crippen LogP contribution in [0.4, 0.5) is 0 Å². The van der Waals surface area contributed by atoms with Gasteiger partial charge < -0.3 is 4.74 Å². The fourth-order valence-electron chi connectivity index (χ4n) is 1.80. The molecule has 0 saturated heterocycles. The van der Waals surface area contributed by atoms with Crippen LogP contribution in [0.25, 0.3) is 0 Å². The standard InChI is InChI=1S/C15H28O3/c1-4-6-7-9-13(3)14(16)10-8-11-15(17)18-12-5-2/h13H,4-12H2,1-3H3. The van der Waals surface area contributed by atoms with Crippen molar-refractivity contribution in [1.82, 2.24) is 0 Å². The van der Waals surface area contributed by atoms with E-state index >= 15 is 0 Å². The van der Waals surface area contributed by atoms with Gasteiger partial charge in [-0.1, -0.05) is 40.0 Å². The van der Waals surface area contributed by atoms with Gasteiger partial charge in [-0.15, -0.1) is 0 Å². The Labute approximate surface area is 111 Å². The van der Waals surface area contributed by atoms with E-state index in [-0.39, 0.29) is 17.7 Å². The Morgan fingerprint density at radius 1 is 1.00 bits per heavy atom. The average Bonchev–Trinajstić information content (AvgIpc) is 2.36. The summed E-state index contributed by atoms with van der Waals surface area (Å²) in [5.74, 6) is 0.251.